The molecule has 0 aromatic heterocycles. The first-order valence-electron chi connectivity index (χ1n) is 10.2. The molecule has 0 spiro atoms. The fraction of sp³-hybridized carbons (Fsp3) is 0.409. The second-order valence-corrected chi connectivity index (χ2v) is 9.25. The topological polar surface area (TPSA) is 79.0 Å². The highest BCUT2D eigenvalue weighted by atomic mass is 32.2. The van der Waals surface area contributed by atoms with Crippen LogP contribution in [-0.2, 0) is 22.3 Å². The quantitative estimate of drug-likeness (QED) is 0.697. The maximum absolute atomic E-state index is 12.6. The number of benzene rings is 2. The number of rotatable bonds is 8. The van der Waals surface area contributed by atoms with Crippen molar-refractivity contribution in [3.63, 3.8) is 0 Å². The summed E-state index contributed by atoms with van der Waals surface area (Å²) in [6.45, 7) is 4.48. The maximum atomic E-state index is 12.6. The SMILES string of the molecule is CCCOc1cccc(CNC(=O)N2CCN(S(=O)(=O)Cc3ccccc3)CC2)c1. The minimum atomic E-state index is -3.39. The first kappa shape index (κ1) is 22.1. The van der Waals surface area contributed by atoms with Crippen molar-refractivity contribution in [2.45, 2.75) is 25.6 Å². The Bertz CT molecular complexity index is 926. The fourth-order valence-electron chi connectivity index (χ4n) is 3.30. The number of sulfonamides is 1. The van der Waals surface area contributed by atoms with Gasteiger partial charge in [-0.25, -0.2) is 13.2 Å². The average molecular weight is 432 g/mol. The molecule has 7 nitrogen and oxygen atoms in total. The molecule has 3 rings (SSSR count). The van der Waals surface area contributed by atoms with Gasteiger partial charge < -0.3 is 15.0 Å². The minimum absolute atomic E-state index is 0.0174. The molecule has 1 aliphatic rings. The Kier molecular flexibility index (Phi) is 7.70. The van der Waals surface area contributed by atoms with Gasteiger partial charge in [0.2, 0.25) is 10.0 Å². The van der Waals surface area contributed by atoms with Gasteiger partial charge in [0.15, 0.2) is 0 Å². The number of carbonyl (C=O) groups is 1. The van der Waals surface area contributed by atoms with E-state index < -0.39 is 10.0 Å². The highest BCUT2D eigenvalue weighted by Crippen LogP contribution is 2.15. The zero-order valence-corrected chi connectivity index (χ0v) is 18.1. The maximum Gasteiger partial charge on any atom is 0.317 e. The smallest absolute Gasteiger partial charge is 0.317 e. The van der Waals surface area contributed by atoms with Crippen molar-refractivity contribution in [2.24, 2.45) is 0 Å². The summed E-state index contributed by atoms with van der Waals surface area (Å²) < 4.78 is 32.4. The molecule has 8 heteroatoms. The molecule has 0 saturated carbocycles. The molecule has 2 aromatic carbocycles. The molecule has 0 aliphatic carbocycles. The Morgan fingerprint density at radius 1 is 1.00 bits per heavy atom. The van der Waals surface area contributed by atoms with E-state index in [1.54, 1.807) is 4.90 Å². The summed E-state index contributed by atoms with van der Waals surface area (Å²) in [4.78, 5) is 14.2. The Balaban J connectivity index is 1.47. The molecule has 1 aliphatic heterocycles. The second kappa shape index (κ2) is 10.4. The first-order chi connectivity index (χ1) is 14.5. The van der Waals surface area contributed by atoms with Crippen LogP contribution in [0.3, 0.4) is 0 Å². The highest BCUT2D eigenvalue weighted by molar-refractivity contribution is 7.88. The molecule has 1 fully saturated rings. The monoisotopic (exact) mass is 431 g/mol. The van der Waals surface area contributed by atoms with Crippen molar-refractivity contribution in [3.05, 3.63) is 65.7 Å². The van der Waals surface area contributed by atoms with Gasteiger partial charge in [-0.05, 0) is 29.7 Å². The lowest BCUT2D eigenvalue weighted by Crippen LogP contribution is -2.53. The summed E-state index contributed by atoms with van der Waals surface area (Å²) in [5, 5.41) is 2.91. The standard InChI is InChI=1S/C22H29N3O4S/c1-2-15-29-21-10-6-9-20(16-21)17-23-22(26)24-11-13-25(14-12-24)30(27,28)18-19-7-4-3-5-8-19/h3-10,16H,2,11-15,17-18H2,1H3,(H,23,26). The Morgan fingerprint density at radius 2 is 1.70 bits per heavy atom. The molecule has 0 atom stereocenters. The van der Waals surface area contributed by atoms with Crippen molar-refractivity contribution in [1.82, 2.24) is 14.5 Å². The summed E-state index contributed by atoms with van der Waals surface area (Å²) >= 11 is 0. The van der Waals surface area contributed by atoms with Gasteiger partial charge in [-0.1, -0.05) is 49.4 Å². The van der Waals surface area contributed by atoms with Crippen LogP contribution in [0.1, 0.15) is 24.5 Å². The number of ether oxygens (including phenoxy) is 1. The van der Waals surface area contributed by atoms with Crippen molar-refractivity contribution in [1.29, 1.82) is 0 Å². The van der Waals surface area contributed by atoms with E-state index in [1.165, 1.54) is 4.31 Å². The van der Waals surface area contributed by atoms with Crippen LogP contribution in [0, 0.1) is 0 Å². The number of piperazine rings is 1. The van der Waals surface area contributed by atoms with Gasteiger partial charge in [0.25, 0.3) is 0 Å². The van der Waals surface area contributed by atoms with Gasteiger partial charge in [-0.15, -0.1) is 0 Å². The fourth-order valence-corrected chi connectivity index (χ4v) is 4.82. The van der Waals surface area contributed by atoms with Gasteiger partial charge >= 0.3 is 6.03 Å². The van der Waals surface area contributed by atoms with Gasteiger partial charge in [-0.2, -0.15) is 4.31 Å². The van der Waals surface area contributed by atoms with Gasteiger partial charge in [-0.3, -0.25) is 0 Å². The van der Waals surface area contributed by atoms with E-state index in [0.29, 0.717) is 39.3 Å². The van der Waals surface area contributed by atoms with Crippen molar-refractivity contribution in [3.8, 4) is 5.75 Å². The molecule has 1 saturated heterocycles. The van der Waals surface area contributed by atoms with E-state index in [2.05, 4.69) is 12.2 Å². The lowest BCUT2D eigenvalue weighted by Gasteiger charge is -2.34. The lowest BCUT2D eigenvalue weighted by atomic mass is 10.2. The molecule has 1 N–H and O–H groups in total. The molecule has 2 aromatic rings. The predicted octanol–water partition coefficient (Wildman–Crippen LogP) is 2.83. The Morgan fingerprint density at radius 3 is 2.40 bits per heavy atom. The van der Waals surface area contributed by atoms with Crippen LogP contribution < -0.4 is 10.1 Å². The van der Waals surface area contributed by atoms with E-state index >= 15 is 0 Å². The summed E-state index contributed by atoms with van der Waals surface area (Å²) in [7, 11) is -3.39. The third kappa shape index (κ3) is 6.21. The zero-order chi connectivity index (χ0) is 21.4. The number of nitrogens with one attached hydrogen (secondary N) is 1. The molecule has 30 heavy (non-hydrogen) atoms. The molecular formula is C22H29N3O4S. The summed E-state index contributed by atoms with van der Waals surface area (Å²) in [6, 6.07) is 16.6. The zero-order valence-electron chi connectivity index (χ0n) is 17.3. The Labute approximate surface area is 178 Å². The average Bonchev–Trinajstić information content (AvgIpc) is 2.77. The molecule has 162 valence electrons. The first-order valence-corrected chi connectivity index (χ1v) is 11.8. The number of urea groups is 1. The number of carbonyl (C=O) groups excluding carboxylic acids is 1. The van der Waals surface area contributed by atoms with Crippen LogP contribution in [0.2, 0.25) is 0 Å². The van der Waals surface area contributed by atoms with E-state index in [1.807, 2.05) is 54.6 Å². The van der Waals surface area contributed by atoms with E-state index in [9.17, 15) is 13.2 Å². The van der Waals surface area contributed by atoms with Crippen LogP contribution in [0.25, 0.3) is 0 Å². The lowest BCUT2D eigenvalue weighted by molar-refractivity contribution is 0.172. The summed E-state index contributed by atoms with van der Waals surface area (Å²) in [6.07, 6.45) is 0.939. The Hall–Kier alpha value is -2.58. The van der Waals surface area contributed by atoms with Crippen LogP contribution in [-0.4, -0.2) is 56.4 Å². The highest BCUT2D eigenvalue weighted by Gasteiger charge is 2.28. The number of nitrogens with zero attached hydrogens (tertiary/aromatic N) is 2. The molecule has 0 radical (unpaired) electrons. The van der Waals surface area contributed by atoms with Gasteiger partial charge in [0.05, 0.1) is 12.4 Å². The minimum Gasteiger partial charge on any atom is -0.494 e. The molecule has 0 unspecified atom stereocenters. The molecule has 1 heterocycles. The second-order valence-electron chi connectivity index (χ2n) is 7.28. The normalized spacial score (nSPS) is 15.0. The van der Waals surface area contributed by atoms with Crippen molar-refractivity contribution < 1.29 is 17.9 Å². The predicted molar refractivity (Wildman–Crippen MR) is 117 cm³/mol. The summed E-state index contributed by atoms with van der Waals surface area (Å²) in [5.41, 5.74) is 1.73. The molecule has 2 amide bonds. The van der Waals surface area contributed by atoms with Crippen LogP contribution in [0.4, 0.5) is 4.79 Å². The third-order valence-corrected chi connectivity index (χ3v) is 6.78. The van der Waals surface area contributed by atoms with Crippen molar-refractivity contribution >= 4 is 16.1 Å². The van der Waals surface area contributed by atoms with Gasteiger partial charge in [0.1, 0.15) is 5.75 Å². The summed E-state index contributed by atoms with van der Waals surface area (Å²) in [5.74, 6) is 0.775. The number of amides is 2. The van der Waals surface area contributed by atoms with Crippen LogP contribution >= 0.6 is 0 Å². The molecular weight excluding hydrogens is 402 g/mol. The molecule has 0 bridgehead atoms. The third-order valence-electron chi connectivity index (χ3n) is 4.93. The van der Waals surface area contributed by atoms with E-state index in [4.69, 9.17) is 4.74 Å². The van der Waals surface area contributed by atoms with Crippen molar-refractivity contribution in [2.75, 3.05) is 32.8 Å². The van der Waals surface area contributed by atoms with Crippen LogP contribution in [0.5, 0.6) is 5.75 Å². The number of hydrogen-bond acceptors (Lipinski definition) is 4. The van der Waals surface area contributed by atoms with E-state index in [0.717, 1.165) is 23.3 Å². The number of hydrogen-bond donors (Lipinski definition) is 1. The van der Waals surface area contributed by atoms with E-state index in [-0.39, 0.29) is 11.8 Å². The largest absolute Gasteiger partial charge is 0.494 e. The van der Waals surface area contributed by atoms with Crippen LogP contribution in [0.15, 0.2) is 54.6 Å². The van der Waals surface area contributed by atoms with Gasteiger partial charge in [0, 0.05) is 32.7 Å².